The monoisotopic (exact) mass is 226 g/mol. The molecule has 0 aliphatic carbocycles. The fraction of sp³-hybridized carbons (Fsp3) is 0.364. The standard InChI is InChI=1S/C11H12F2N2O/c1-3-5-14-10-8(12)7-9(13)11(15-10)16-6-4-2/h2,7H,3,5-6H2,1H3,(H,14,15). The molecule has 0 aromatic carbocycles. The molecule has 16 heavy (non-hydrogen) atoms. The first kappa shape index (κ1) is 12.2. The molecule has 0 saturated carbocycles. The molecule has 0 atom stereocenters. The Morgan fingerprint density at radius 3 is 2.88 bits per heavy atom. The van der Waals surface area contributed by atoms with Crippen LogP contribution in [0.15, 0.2) is 6.07 Å². The SMILES string of the molecule is C#CCOc1nc(NCCC)c(F)cc1F. The van der Waals surface area contributed by atoms with Crippen LogP contribution in [0.5, 0.6) is 5.88 Å². The number of terminal acetylenes is 1. The van der Waals surface area contributed by atoms with Crippen molar-refractivity contribution in [2.24, 2.45) is 0 Å². The molecule has 0 aliphatic heterocycles. The highest BCUT2D eigenvalue weighted by atomic mass is 19.1. The second-order valence-electron chi connectivity index (χ2n) is 3.03. The van der Waals surface area contributed by atoms with Crippen LogP contribution in [0.4, 0.5) is 14.6 Å². The number of anilines is 1. The molecule has 0 radical (unpaired) electrons. The fourth-order valence-electron chi connectivity index (χ4n) is 1.03. The highest BCUT2D eigenvalue weighted by Gasteiger charge is 2.12. The third-order valence-electron chi connectivity index (χ3n) is 1.73. The largest absolute Gasteiger partial charge is 0.462 e. The normalized spacial score (nSPS) is 9.62. The van der Waals surface area contributed by atoms with Gasteiger partial charge in [0.15, 0.2) is 24.1 Å². The van der Waals surface area contributed by atoms with Crippen LogP contribution >= 0.6 is 0 Å². The van der Waals surface area contributed by atoms with Crippen molar-refractivity contribution in [2.45, 2.75) is 13.3 Å². The van der Waals surface area contributed by atoms with Gasteiger partial charge in [0.1, 0.15) is 0 Å². The highest BCUT2D eigenvalue weighted by molar-refractivity contribution is 5.39. The first-order valence-electron chi connectivity index (χ1n) is 4.85. The number of hydrogen-bond donors (Lipinski definition) is 1. The summed E-state index contributed by atoms with van der Waals surface area (Å²) in [5.74, 6) is 0.235. The summed E-state index contributed by atoms with van der Waals surface area (Å²) in [6.07, 6.45) is 5.76. The quantitative estimate of drug-likeness (QED) is 0.781. The number of pyridine rings is 1. The van der Waals surface area contributed by atoms with E-state index in [0.717, 1.165) is 12.5 Å². The molecule has 0 bridgehead atoms. The van der Waals surface area contributed by atoms with Crippen molar-refractivity contribution in [3.8, 4) is 18.2 Å². The van der Waals surface area contributed by atoms with Crippen LogP contribution < -0.4 is 10.1 Å². The van der Waals surface area contributed by atoms with Gasteiger partial charge in [0, 0.05) is 12.6 Å². The van der Waals surface area contributed by atoms with Gasteiger partial charge in [0.2, 0.25) is 0 Å². The van der Waals surface area contributed by atoms with Crippen molar-refractivity contribution in [3.63, 3.8) is 0 Å². The molecule has 5 heteroatoms. The van der Waals surface area contributed by atoms with Crippen LogP contribution in [-0.4, -0.2) is 18.1 Å². The summed E-state index contributed by atoms with van der Waals surface area (Å²) in [5.41, 5.74) is 0. The molecular formula is C11H12F2N2O. The van der Waals surface area contributed by atoms with E-state index in [2.05, 4.69) is 16.2 Å². The molecule has 86 valence electrons. The van der Waals surface area contributed by atoms with E-state index in [1.807, 2.05) is 6.92 Å². The van der Waals surface area contributed by atoms with Crippen LogP contribution in [0.1, 0.15) is 13.3 Å². The molecule has 0 aliphatic rings. The number of aromatic nitrogens is 1. The molecule has 1 heterocycles. The lowest BCUT2D eigenvalue weighted by atomic mass is 10.4. The van der Waals surface area contributed by atoms with Crippen molar-refractivity contribution in [2.75, 3.05) is 18.5 Å². The van der Waals surface area contributed by atoms with E-state index in [9.17, 15) is 8.78 Å². The first-order chi connectivity index (χ1) is 7.69. The predicted octanol–water partition coefficient (Wildman–Crippen LogP) is 2.19. The summed E-state index contributed by atoms with van der Waals surface area (Å²) in [5, 5.41) is 2.72. The van der Waals surface area contributed by atoms with Crippen molar-refractivity contribution in [1.82, 2.24) is 4.98 Å². The van der Waals surface area contributed by atoms with Crippen LogP contribution in [0.2, 0.25) is 0 Å². The van der Waals surface area contributed by atoms with Gasteiger partial charge >= 0.3 is 0 Å². The van der Waals surface area contributed by atoms with E-state index < -0.39 is 11.6 Å². The van der Waals surface area contributed by atoms with E-state index in [4.69, 9.17) is 11.2 Å². The van der Waals surface area contributed by atoms with Crippen molar-refractivity contribution in [1.29, 1.82) is 0 Å². The van der Waals surface area contributed by atoms with Crippen LogP contribution in [0.25, 0.3) is 0 Å². The van der Waals surface area contributed by atoms with Gasteiger partial charge in [-0.05, 0) is 6.42 Å². The molecule has 0 amide bonds. The summed E-state index contributed by atoms with van der Waals surface area (Å²) in [7, 11) is 0. The van der Waals surface area contributed by atoms with Gasteiger partial charge in [0.05, 0.1) is 0 Å². The third kappa shape index (κ3) is 3.09. The Morgan fingerprint density at radius 1 is 1.50 bits per heavy atom. The maximum atomic E-state index is 13.2. The third-order valence-corrected chi connectivity index (χ3v) is 1.73. The Bertz CT molecular complexity index is 402. The topological polar surface area (TPSA) is 34.1 Å². The lowest BCUT2D eigenvalue weighted by Gasteiger charge is -2.08. The summed E-state index contributed by atoms with van der Waals surface area (Å²) in [6, 6.07) is 0.719. The average Bonchev–Trinajstić information content (AvgIpc) is 2.26. The van der Waals surface area contributed by atoms with Gasteiger partial charge in [-0.1, -0.05) is 12.8 Å². The van der Waals surface area contributed by atoms with Crippen molar-refractivity contribution < 1.29 is 13.5 Å². The molecule has 1 rings (SSSR count). The van der Waals surface area contributed by atoms with Gasteiger partial charge in [-0.2, -0.15) is 4.98 Å². The summed E-state index contributed by atoms with van der Waals surface area (Å²) >= 11 is 0. The maximum Gasteiger partial charge on any atom is 0.253 e. The zero-order valence-electron chi connectivity index (χ0n) is 8.89. The Kier molecular flexibility index (Phi) is 4.52. The zero-order chi connectivity index (χ0) is 12.0. The number of nitrogens with one attached hydrogen (secondary N) is 1. The van der Waals surface area contributed by atoms with E-state index in [1.54, 1.807) is 0 Å². The minimum Gasteiger partial charge on any atom is -0.462 e. The van der Waals surface area contributed by atoms with E-state index in [0.29, 0.717) is 6.54 Å². The zero-order valence-corrected chi connectivity index (χ0v) is 8.89. The maximum absolute atomic E-state index is 13.2. The van der Waals surface area contributed by atoms with Crippen molar-refractivity contribution in [3.05, 3.63) is 17.7 Å². The van der Waals surface area contributed by atoms with Crippen LogP contribution in [-0.2, 0) is 0 Å². The van der Waals surface area contributed by atoms with Gasteiger partial charge in [-0.15, -0.1) is 6.42 Å². The molecule has 1 N–H and O–H groups in total. The average molecular weight is 226 g/mol. The Hall–Kier alpha value is -1.83. The van der Waals surface area contributed by atoms with E-state index in [-0.39, 0.29) is 18.3 Å². The first-order valence-corrected chi connectivity index (χ1v) is 4.85. The summed E-state index contributed by atoms with van der Waals surface area (Å²) < 4.78 is 31.2. The lowest BCUT2D eigenvalue weighted by molar-refractivity contribution is 0.331. The van der Waals surface area contributed by atoms with E-state index in [1.165, 1.54) is 0 Å². The Morgan fingerprint density at radius 2 is 2.25 bits per heavy atom. The highest BCUT2D eigenvalue weighted by Crippen LogP contribution is 2.20. The van der Waals surface area contributed by atoms with Gasteiger partial charge in [0.25, 0.3) is 5.88 Å². The van der Waals surface area contributed by atoms with E-state index >= 15 is 0 Å². The lowest BCUT2D eigenvalue weighted by Crippen LogP contribution is -2.07. The number of hydrogen-bond acceptors (Lipinski definition) is 3. The number of nitrogens with zero attached hydrogens (tertiary/aromatic N) is 1. The molecule has 1 aromatic heterocycles. The summed E-state index contributed by atoms with van der Waals surface area (Å²) in [6.45, 7) is 2.36. The van der Waals surface area contributed by atoms with Gasteiger partial charge < -0.3 is 10.1 Å². The Balaban J connectivity index is 2.88. The molecule has 0 fully saturated rings. The minimum atomic E-state index is -0.866. The number of halogens is 2. The molecule has 1 aromatic rings. The van der Waals surface area contributed by atoms with Gasteiger partial charge in [-0.3, -0.25) is 0 Å². The minimum absolute atomic E-state index is 0.0322. The molecule has 0 unspecified atom stereocenters. The Labute approximate surface area is 92.8 Å². The second-order valence-corrected chi connectivity index (χ2v) is 3.03. The second kappa shape index (κ2) is 5.91. The predicted molar refractivity (Wildman–Crippen MR) is 57.3 cm³/mol. The van der Waals surface area contributed by atoms with Crippen LogP contribution in [0.3, 0.4) is 0 Å². The molecular weight excluding hydrogens is 214 g/mol. The number of ether oxygens (including phenoxy) is 1. The molecule has 0 saturated heterocycles. The van der Waals surface area contributed by atoms with Crippen molar-refractivity contribution >= 4 is 5.82 Å². The molecule has 0 spiro atoms. The fourth-order valence-corrected chi connectivity index (χ4v) is 1.03. The smallest absolute Gasteiger partial charge is 0.253 e. The molecule has 3 nitrogen and oxygen atoms in total. The van der Waals surface area contributed by atoms with Gasteiger partial charge in [-0.25, -0.2) is 8.78 Å². The van der Waals surface area contributed by atoms with Crippen LogP contribution in [0, 0.1) is 24.0 Å². The number of rotatable bonds is 5. The summed E-state index contributed by atoms with van der Waals surface area (Å²) in [4.78, 5) is 3.67.